The average molecular weight is 477 g/mol. The zero-order chi connectivity index (χ0) is 24.8. The van der Waals surface area contributed by atoms with Crippen molar-refractivity contribution in [2.75, 3.05) is 22.1 Å². The van der Waals surface area contributed by atoms with E-state index in [0.717, 1.165) is 49.0 Å². The summed E-state index contributed by atoms with van der Waals surface area (Å²) >= 11 is 0. The molecular weight excluding hydrogens is 440 g/mol. The molecule has 186 valence electrons. The third-order valence-electron chi connectivity index (χ3n) is 7.07. The summed E-state index contributed by atoms with van der Waals surface area (Å²) in [4.78, 5) is 39.0. The van der Waals surface area contributed by atoms with Gasteiger partial charge in [-0.05, 0) is 62.1 Å². The normalized spacial score (nSPS) is 20.0. The van der Waals surface area contributed by atoms with Gasteiger partial charge in [0.2, 0.25) is 17.7 Å². The fourth-order valence-corrected chi connectivity index (χ4v) is 5.23. The molecule has 7 heteroatoms. The molecule has 0 saturated heterocycles. The Balaban J connectivity index is 1.34. The van der Waals surface area contributed by atoms with Crippen LogP contribution in [0.1, 0.15) is 70.4 Å². The van der Waals surface area contributed by atoms with Gasteiger partial charge >= 0.3 is 0 Å². The van der Waals surface area contributed by atoms with E-state index in [-0.39, 0.29) is 42.3 Å². The third kappa shape index (κ3) is 6.02. The van der Waals surface area contributed by atoms with E-state index in [1.165, 1.54) is 6.42 Å². The van der Waals surface area contributed by atoms with Crippen LogP contribution in [-0.4, -0.2) is 30.3 Å². The summed E-state index contributed by atoms with van der Waals surface area (Å²) in [7, 11) is 0. The molecule has 1 aliphatic carbocycles. The molecule has 2 atom stereocenters. The van der Waals surface area contributed by atoms with Gasteiger partial charge in [0, 0.05) is 35.4 Å². The van der Waals surface area contributed by atoms with Crippen LogP contribution in [0.3, 0.4) is 0 Å². The first kappa shape index (κ1) is 24.8. The SMILES string of the molecule is CCC(=O)N1c2ccccc2[C@H](Nc2ccc(NC(=O)CNC(=O)C3CCCCC3)cc2)C[C@@H]1C. The van der Waals surface area contributed by atoms with Crippen molar-refractivity contribution in [3.05, 3.63) is 54.1 Å². The van der Waals surface area contributed by atoms with Crippen molar-refractivity contribution in [3.63, 3.8) is 0 Å². The number of carbonyl (C=O) groups excluding carboxylic acids is 3. The molecule has 0 aromatic heterocycles. The van der Waals surface area contributed by atoms with Crippen molar-refractivity contribution in [2.24, 2.45) is 5.92 Å². The molecule has 0 bridgehead atoms. The molecule has 1 saturated carbocycles. The average Bonchev–Trinajstić information content (AvgIpc) is 2.88. The van der Waals surface area contributed by atoms with E-state index in [1.807, 2.05) is 54.3 Å². The second-order valence-corrected chi connectivity index (χ2v) is 9.64. The van der Waals surface area contributed by atoms with Gasteiger partial charge in [-0.1, -0.05) is 44.4 Å². The van der Waals surface area contributed by atoms with Gasteiger partial charge in [-0.25, -0.2) is 0 Å². The highest BCUT2D eigenvalue weighted by Crippen LogP contribution is 2.39. The van der Waals surface area contributed by atoms with E-state index in [2.05, 4.69) is 28.9 Å². The second kappa shape index (κ2) is 11.4. The molecule has 0 unspecified atom stereocenters. The lowest BCUT2D eigenvalue weighted by atomic mass is 9.89. The van der Waals surface area contributed by atoms with Gasteiger partial charge in [0.15, 0.2) is 0 Å². The minimum atomic E-state index is -0.231. The smallest absolute Gasteiger partial charge is 0.243 e. The minimum Gasteiger partial charge on any atom is -0.378 e. The maximum Gasteiger partial charge on any atom is 0.243 e. The first-order valence-corrected chi connectivity index (χ1v) is 12.8. The Kier molecular flexibility index (Phi) is 8.06. The Hall–Kier alpha value is -3.35. The highest BCUT2D eigenvalue weighted by atomic mass is 16.2. The number of rotatable bonds is 7. The Labute approximate surface area is 207 Å². The summed E-state index contributed by atoms with van der Waals surface area (Å²) in [5.41, 5.74) is 3.70. The van der Waals surface area contributed by atoms with Crippen LogP contribution in [0, 0.1) is 5.92 Å². The topological polar surface area (TPSA) is 90.5 Å². The van der Waals surface area contributed by atoms with Gasteiger partial charge in [-0.15, -0.1) is 0 Å². The number of hydrogen-bond donors (Lipinski definition) is 3. The van der Waals surface area contributed by atoms with Crippen LogP contribution in [0.15, 0.2) is 48.5 Å². The van der Waals surface area contributed by atoms with Crippen LogP contribution < -0.4 is 20.9 Å². The van der Waals surface area contributed by atoms with E-state index in [4.69, 9.17) is 0 Å². The van der Waals surface area contributed by atoms with Crippen molar-refractivity contribution < 1.29 is 14.4 Å². The Morgan fingerprint density at radius 1 is 0.943 bits per heavy atom. The van der Waals surface area contributed by atoms with Crippen LogP contribution in [0.5, 0.6) is 0 Å². The van der Waals surface area contributed by atoms with Gasteiger partial charge in [-0.3, -0.25) is 14.4 Å². The van der Waals surface area contributed by atoms with Crippen LogP contribution >= 0.6 is 0 Å². The molecule has 1 fully saturated rings. The van der Waals surface area contributed by atoms with Crippen LogP contribution in [0.2, 0.25) is 0 Å². The fraction of sp³-hybridized carbons (Fsp3) is 0.464. The maximum atomic E-state index is 12.5. The van der Waals surface area contributed by atoms with Crippen LogP contribution in [0.25, 0.3) is 0 Å². The monoisotopic (exact) mass is 476 g/mol. The molecule has 0 radical (unpaired) electrons. The first-order chi connectivity index (χ1) is 17.0. The van der Waals surface area contributed by atoms with E-state index in [9.17, 15) is 14.4 Å². The standard InChI is InChI=1S/C28H36N4O3/c1-3-27(34)32-19(2)17-24(23-11-7-8-12-25(23)32)30-21-13-15-22(16-14-21)31-26(33)18-29-28(35)20-9-5-4-6-10-20/h7-8,11-16,19-20,24,30H,3-6,9-10,17-18H2,1-2H3,(H,29,35)(H,31,33)/t19-,24+/m0/s1. The highest BCUT2D eigenvalue weighted by molar-refractivity contribution is 5.96. The van der Waals surface area contributed by atoms with E-state index < -0.39 is 0 Å². The van der Waals surface area contributed by atoms with Crippen LogP contribution in [0.4, 0.5) is 17.1 Å². The van der Waals surface area contributed by atoms with Crippen molar-refractivity contribution in [3.8, 4) is 0 Å². The second-order valence-electron chi connectivity index (χ2n) is 9.64. The lowest BCUT2D eigenvalue weighted by Gasteiger charge is -2.40. The van der Waals surface area contributed by atoms with Gasteiger partial charge in [0.05, 0.1) is 12.6 Å². The summed E-state index contributed by atoms with van der Waals surface area (Å²) < 4.78 is 0. The lowest BCUT2D eigenvalue weighted by Crippen LogP contribution is -2.44. The zero-order valence-electron chi connectivity index (χ0n) is 20.7. The Bertz CT molecular complexity index is 1050. The number of para-hydroxylation sites is 1. The number of fused-ring (bicyclic) bond motifs is 1. The molecule has 7 nitrogen and oxygen atoms in total. The fourth-order valence-electron chi connectivity index (χ4n) is 5.23. The predicted octanol–water partition coefficient (Wildman–Crippen LogP) is 5.01. The number of carbonyl (C=O) groups is 3. The van der Waals surface area contributed by atoms with E-state index >= 15 is 0 Å². The zero-order valence-corrected chi connectivity index (χ0v) is 20.7. The van der Waals surface area contributed by atoms with Crippen molar-refractivity contribution in [2.45, 2.75) is 70.9 Å². The molecule has 35 heavy (non-hydrogen) atoms. The Morgan fingerprint density at radius 3 is 2.34 bits per heavy atom. The van der Waals surface area contributed by atoms with Gasteiger partial charge < -0.3 is 20.9 Å². The van der Waals surface area contributed by atoms with E-state index in [1.54, 1.807) is 0 Å². The quantitative estimate of drug-likeness (QED) is 0.524. The van der Waals surface area contributed by atoms with Crippen molar-refractivity contribution in [1.29, 1.82) is 0 Å². The summed E-state index contributed by atoms with van der Waals surface area (Å²) in [6.45, 7) is 3.97. The Morgan fingerprint density at radius 2 is 1.63 bits per heavy atom. The number of nitrogens with zero attached hydrogens (tertiary/aromatic N) is 1. The minimum absolute atomic E-state index is 0.0133. The van der Waals surface area contributed by atoms with Crippen molar-refractivity contribution in [1.82, 2.24) is 5.32 Å². The molecule has 0 spiro atoms. The number of amides is 3. The summed E-state index contributed by atoms with van der Waals surface area (Å²) in [6.07, 6.45) is 6.49. The number of benzene rings is 2. The summed E-state index contributed by atoms with van der Waals surface area (Å²) in [6, 6.07) is 15.8. The molecule has 4 rings (SSSR count). The van der Waals surface area contributed by atoms with Gasteiger partial charge in [0.25, 0.3) is 0 Å². The predicted molar refractivity (Wildman–Crippen MR) is 139 cm³/mol. The largest absolute Gasteiger partial charge is 0.378 e. The highest BCUT2D eigenvalue weighted by Gasteiger charge is 2.32. The number of nitrogens with one attached hydrogen (secondary N) is 3. The lowest BCUT2D eigenvalue weighted by molar-refractivity contribution is -0.128. The summed E-state index contributed by atoms with van der Waals surface area (Å²) in [5, 5.41) is 9.22. The summed E-state index contributed by atoms with van der Waals surface area (Å²) in [5.74, 6) is -0.0636. The molecule has 2 aliphatic rings. The number of hydrogen-bond acceptors (Lipinski definition) is 4. The van der Waals surface area contributed by atoms with Crippen molar-refractivity contribution >= 4 is 34.8 Å². The van der Waals surface area contributed by atoms with Gasteiger partial charge in [-0.2, -0.15) is 0 Å². The molecular formula is C28H36N4O3. The molecule has 2 aromatic carbocycles. The molecule has 3 amide bonds. The van der Waals surface area contributed by atoms with Gasteiger partial charge in [0.1, 0.15) is 0 Å². The first-order valence-electron chi connectivity index (χ1n) is 12.8. The van der Waals surface area contributed by atoms with E-state index in [0.29, 0.717) is 12.1 Å². The maximum absolute atomic E-state index is 12.5. The molecule has 3 N–H and O–H groups in total. The number of anilines is 3. The molecule has 1 heterocycles. The third-order valence-corrected chi connectivity index (χ3v) is 7.07. The van der Waals surface area contributed by atoms with Crippen LogP contribution in [-0.2, 0) is 14.4 Å². The molecule has 1 aliphatic heterocycles. The molecule has 2 aromatic rings.